The van der Waals surface area contributed by atoms with Crippen molar-refractivity contribution in [1.29, 1.82) is 0 Å². The molecule has 16 heavy (non-hydrogen) atoms. The Labute approximate surface area is 98.1 Å². The Morgan fingerprint density at radius 1 is 1.31 bits per heavy atom. The van der Waals surface area contributed by atoms with Crippen LogP contribution in [0.3, 0.4) is 0 Å². The molecule has 4 nitrogen and oxygen atoms in total. The van der Waals surface area contributed by atoms with E-state index in [2.05, 4.69) is 0 Å². The lowest BCUT2D eigenvalue weighted by atomic mass is 10.3. The Balaban J connectivity index is 1.90. The Bertz CT molecular complexity index is 369. The van der Waals surface area contributed by atoms with Crippen LogP contribution in [0.15, 0.2) is 24.3 Å². The second-order valence-electron chi connectivity index (χ2n) is 3.34. The summed E-state index contributed by atoms with van der Waals surface area (Å²) in [5, 5.41) is 0. The van der Waals surface area contributed by atoms with Gasteiger partial charge in [-0.05, 0) is 12.1 Å². The maximum Gasteiger partial charge on any atom is 0.298 e. The average Bonchev–Trinajstić information content (AvgIpc) is 3.07. The number of ether oxygens (including phenoxy) is 3. The maximum atomic E-state index is 10.3. The van der Waals surface area contributed by atoms with Crippen LogP contribution in [0.1, 0.15) is 0 Å². The third kappa shape index (κ3) is 2.65. The fraction of sp³-hybridized carbons (Fsp3) is 0.364. The van der Waals surface area contributed by atoms with E-state index in [1.807, 2.05) is 0 Å². The third-order valence-corrected chi connectivity index (χ3v) is 2.57. The molecule has 0 radical (unpaired) electrons. The summed E-state index contributed by atoms with van der Waals surface area (Å²) in [5.41, 5.74) is 0. The highest BCUT2D eigenvalue weighted by Gasteiger charge is 2.38. The minimum Gasteiger partial charge on any atom is -0.487 e. The Morgan fingerprint density at radius 3 is 2.69 bits per heavy atom. The van der Waals surface area contributed by atoms with Gasteiger partial charge in [0.25, 0.3) is 6.47 Å². The number of hydrogen-bond acceptors (Lipinski definition) is 4. The smallest absolute Gasteiger partial charge is 0.298 e. The molecular weight excluding hydrogens is 232 g/mol. The van der Waals surface area contributed by atoms with E-state index in [0.717, 1.165) is 0 Å². The predicted molar refractivity (Wildman–Crippen MR) is 58.0 cm³/mol. The minimum atomic E-state index is 0.0433. The number of hydrogen-bond donors (Lipinski definition) is 0. The summed E-state index contributed by atoms with van der Waals surface area (Å²) < 4.78 is 15.5. The number of carbonyl (C=O) groups is 1. The van der Waals surface area contributed by atoms with Crippen LogP contribution in [0.4, 0.5) is 0 Å². The molecule has 1 saturated heterocycles. The van der Waals surface area contributed by atoms with E-state index in [-0.39, 0.29) is 12.2 Å². The molecule has 5 heteroatoms. The second-order valence-corrected chi connectivity index (χ2v) is 3.65. The van der Waals surface area contributed by atoms with Crippen LogP contribution in [0, 0.1) is 0 Å². The van der Waals surface area contributed by atoms with E-state index >= 15 is 0 Å². The molecule has 0 aliphatic carbocycles. The Hall–Kier alpha value is -1.26. The molecule has 1 aliphatic heterocycles. The number of alkyl halides is 1. The summed E-state index contributed by atoms with van der Waals surface area (Å²) >= 11 is 5.60. The van der Waals surface area contributed by atoms with E-state index in [0.29, 0.717) is 30.5 Å². The van der Waals surface area contributed by atoms with Crippen molar-refractivity contribution in [3.8, 4) is 11.5 Å². The number of rotatable bonds is 6. The van der Waals surface area contributed by atoms with E-state index < -0.39 is 0 Å². The summed E-state index contributed by atoms with van der Waals surface area (Å²) in [6, 6.07) is 6.97. The quantitative estimate of drug-likeness (QED) is 0.432. The molecule has 1 aliphatic rings. The van der Waals surface area contributed by atoms with Crippen LogP contribution in [-0.4, -0.2) is 31.2 Å². The Kier molecular flexibility index (Phi) is 3.64. The van der Waals surface area contributed by atoms with Crippen LogP contribution in [0.5, 0.6) is 11.5 Å². The van der Waals surface area contributed by atoms with Crippen molar-refractivity contribution in [2.75, 3.05) is 12.5 Å². The molecule has 1 heterocycles. The van der Waals surface area contributed by atoms with Gasteiger partial charge in [-0.25, -0.2) is 0 Å². The highest BCUT2D eigenvalue weighted by Crippen LogP contribution is 2.29. The van der Waals surface area contributed by atoms with Gasteiger partial charge in [-0.2, -0.15) is 0 Å². The van der Waals surface area contributed by atoms with E-state index in [1.54, 1.807) is 24.3 Å². The average molecular weight is 243 g/mol. The Morgan fingerprint density at radius 2 is 2.06 bits per heavy atom. The van der Waals surface area contributed by atoms with Crippen molar-refractivity contribution in [2.24, 2.45) is 0 Å². The molecule has 1 fully saturated rings. The number of epoxide rings is 1. The van der Waals surface area contributed by atoms with Gasteiger partial charge in [0.05, 0.1) is 5.88 Å². The van der Waals surface area contributed by atoms with Gasteiger partial charge in [0, 0.05) is 0 Å². The SMILES string of the molecule is O=COc1ccccc1OC[C@@H]1O[C@@H]1CCl. The number of halogens is 1. The summed E-state index contributed by atoms with van der Waals surface area (Å²) in [7, 11) is 0. The normalized spacial score (nSPS) is 22.6. The third-order valence-electron chi connectivity index (χ3n) is 2.27. The van der Waals surface area contributed by atoms with Crippen molar-refractivity contribution in [1.82, 2.24) is 0 Å². The van der Waals surface area contributed by atoms with Gasteiger partial charge in [-0.1, -0.05) is 12.1 Å². The molecular formula is C11H11ClO4. The van der Waals surface area contributed by atoms with Crippen LogP contribution in [0.2, 0.25) is 0 Å². The monoisotopic (exact) mass is 242 g/mol. The lowest BCUT2D eigenvalue weighted by Crippen LogP contribution is -2.09. The first-order valence-corrected chi connectivity index (χ1v) is 5.42. The lowest BCUT2D eigenvalue weighted by Gasteiger charge is -2.07. The molecule has 2 rings (SSSR count). The number of benzene rings is 1. The van der Waals surface area contributed by atoms with Crippen LogP contribution in [-0.2, 0) is 9.53 Å². The van der Waals surface area contributed by atoms with Crippen molar-refractivity contribution in [3.63, 3.8) is 0 Å². The first-order valence-electron chi connectivity index (χ1n) is 4.88. The first-order chi connectivity index (χ1) is 7.85. The zero-order valence-electron chi connectivity index (χ0n) is 8.47. The van der Waals surface area contributed by atoms with Crippen LogP contribution >= 0.6 is 11.6 Å². The van der Waals surface area contributed by atoms with Crippen LogP contribution in [0.25, 0.3) is 0 Å². The van der Waals surface area contributed by atoms with Crippen molar-refractivity contribution < 1.29 is 19.0 Å². The molecule has 0 aromatic heterocycles. The molecule has 0 amide bonds. The van der Waals surface area contributed by atoms with E-state index in [9.17, 15) is 4.79 Å². The van der Waals surface area contributed by atoms with Gasteiger partial charge >= 0.3 is 0 Å². The lowest BCUT2D eigenvalue weighted by molar-refractivity contribution is -0.120. The molecule has 0 saturated carbocycles. The largest absolute Gasteiger partial charge is 0.487 e. The zero-order chi connectivity index (χ0) is 11.4. The van der Waals surface area contributed by atoms with Gasteiger partial charge < -0.3 is 14.2 Å². The molecule has 1 aromatic carbocycles. The first kappa shape index (κ1) is 11.2. The summed E-state index contributed by atoms with van der Waals surface area (Å²) in [4.78, 5) is 10.3. The topological polar surface area (TPSA) is 48.1 Å². The molecule has 0 spiro atoms. The molecule has 2 atom stereocenters. The fourth-order valence-electron chi connectivity index (χ4n) is 1.35. The van der Waals surface area contributed by atoms with Gasteiger partial charge in [-0.15, -0.1) is 11.6 Å². The van der Waals surface area contributed by atoms with Crippen molar-refractivity contribution in [2.45, 2.75) is 12.2 Å². The molecule has 86 valence electrons. The highest BCUT2D eigenvalue weighted by molar-refractivity contribution is 6.18. The van der Waals surface area contributed by atoms with Crippen molar-refractivity contribution in [3.05, 3.63) is 24.3 Å². The predicted octanol–water partition coefficient (Wildman–Crippen LogP) is 1.61. The van der Waals surface area contributed by atoms with E-state index in [1.165, 1.54) is 0 Å². The van der Waals surface area contributed by atoms with Gasteiger partial charge in [0.1, 0.15) is 18.8 Å². The molecule has 0 bridgehead atoms. The fourth-order valence-corrected chi connectivity index (χ4v) is 1.62. The van der Waals surface area contributed by atoms with Crippen molar-refractivity contribution >= 4 is 18.1 Å². The minimum absolute atomic E-state index is 0.0433. The molecule has 0 unspecified atom stereocenters. The van der Waals surface area contributed by atoms with Gasteiger partial charge in [0.15, 0.2) is 11.5 Å². The van der Waals surface area contributed by atoms with Crippen LogP contribution < -0.4 is 9.47 Å². The molecule has 1 aromatic rings. The highest BCUT2D eigenvalue weighted by atomic mass is 35.5. The standard InChI is InChI=1S/C11H11ClO4/c12-5-10-11(16-10)6-14-8-3-1-2-4-9(8)15-7-13/h1-4,7,10-11H,5-6H2/t10-,11+/m1/s1. The van der Waals surface area contributed by atoms with Gasteiger partial charge in [0.2, 0.25) is 0 Å². The maximum absolute atomic E-state index is 10.3. The number of para-hydroxylation sites is 2. The summed E-state index contributed by atoms with van der Waals surface area (Å²) in [6.45, 7) is 0.786. The summed E-state index contributed by atoms with van der Waals surface area (Å²) in [6.07, 6.45) is 0.127. The molecule has 0 N–H and O–H groups in total. The zero-order valence-corrected chi connectivity index (χ0v) is 9.22. The second kappa shape index (κ2) is 5.18. The number of carbonyl (C=O) groups excluding carboxylic acids is 1. The van der Waals surface area contributed by atoms with Gasteiger partial charge in [-0.3, -0.25) is 4.79 Å². The summed E-state index contributed by atoms with van der Waals surface area (Å²) in [5.74, 6) is 1.40. The van der Waals surface area contributed by atoms with E-state index in [4.69, 9.17) is 25.8 Å².